The summed E-state index contributed by atoms with van der Waals surface area (Å²) in [4.78, 5) is 2.48. The summed E-state index contributed by atoms with van der Waals surface area (Å²) in [5.74, 6) is 0. The van der Waals surface area contributed by atoms with E-state index in [-0.39, 0.29) is 6.61 Å². The Balaban J connectivity index is 1.98. The molecule has 17 heavy (non-hydrogen) atoms. The molecule has 3 nitrogen and oxygen atoms in total. The largest absolute Gasteiger partial charge is 0.392 e. The molecule has 1 aromatic carbocycles. The highest BCUT2D eigenvalue weighted by Gasteiger charge is 2.20. The number of ether oxygens (including phenoxy) is 1. The Morgan fingerprint density at radius 3 is 2.65 bits per heavy atom. The lowest BCUT2D eigenvalue weighted by molar-refractivity contribution is -0.0127. The highest BCUT2D eigenvalue weighted by Crippen LogP contribution is 2.15. The Morgan fingerprint density at radius 1 is 1.29 bits per heavy atom. The minimum Gasteiger partial charge on any atom is -0.392 e. The van der Waals surface area contributed by atoms with Crippen molar-refractivity contribution >= 4 is 0 Å². The molecule has 1 atom stereocenters. The van der Waals surface area contributed by atoms with Gasteiger partial charge in [0.1, 0.15) is 0 Å². The lowest BCUT2D eigenvalue weighted by Gasteiger charge is -2.35. The zero-order valence-electron chi connectivity index (χ0n) is 10.4. The fourth-order valence-corrected chi connectivity index (χ4v) is 2.26. The van der Waals surface area contributed by atoms with Crippen molar-refractivity contribution < 1.29 is 9.84 Å². The van der Waals surface area contributed by atoms with Crippen molar-refractivity contribution in [3.63, 3.8) is 0 Å². The number of aliphatic hydroxyl groups excluding tert-OH is 1. The number of aliphatic hydroxyl groups is 1. The predicted molar refractivity (Wildman–Crippen MR) is 67.7 cm³/mol. The van der Waals surface area contributed by atoms with Gasteiger partial charge >= 0.3 is 0 Å². The van der Waals surface area contributed by atoms with Crippen molar-refractivity contribution in [2.45, 2.75) is 32.5 Å². The van der Waals surface area contributed by atoms with E-state index in [2.05, 4.69) is 24.0 Å². The highest BCUT2D eigenvalue weighted by molar-refractivity contribution is 5.22. The molecule has 0 spiro atoms. The summed E-state index contributed by atoms with van der Waals surface area (Å²) in [5, 5.41) is 9.00. The molecule has 0 bridgehead atoms. The zero-order chi connectivity index (χ0) is 12.1. The van der Waals surface area contributed by atoms with Crippen molar-refractivity contribution in [1.82, 2.24) is 4.90 Å². The van der Waals surface area contributed by atoms with Crippen LogP contribution < -0.4 is 0 Å². The van der Waals surface area contributed by atoms with Crippen LogP contribution in [0.25, 0.3) is 0 Å². The maximum Gasteiger partial charge on any atom is 0.0681 e. The average molecular weight is 235 g/mol. The lowest BCUT2D eigenvalue weighted by Crippen LogP contribution is -2.44. The number of hydrogen-bond acceptors (Lipinski definition) is 3. The van der Waals surface area contributed by atoms with E-state index < -0.39 is 0 Å². The number of hydrogen-bond donors (Lipinski definition) is 1. The highest BCUT2D eigenvalue weighted by atomic mass is 16.5. The van der Waals surface area contributed by atoms with Crippen LogP contribution in [0.5, 0.6) is 0 Å². The fraction of sp³-hybridized carbons (Fsp3) is 0.571. The second-order valence-corrected chi connectivity index (χ2v) is 4.58. The number of rotatable bonds is 4. The molecule has 94 valence electrons. The van der Waals surface area contributed by atoms with Crippen LogP contribution in [0.2, 0.25) is 0 Å². The van der Waals surface area contributed by atoms with E-state index in [1.807, 2.05) is 12.1 Å². The molecule has 0 saturated carbocycles. The van der Waals surface area contributed by atoms with Crippen LogP contribution in [0, 0.1) is 0 Å². The van der Waals surface area contributed by atoms with Crippen LogP contribution in [-0.4, -0.2) is 35.8 Å². The van der Waals surface area contributed by atoms with Gasteiger partial charge in [-0.3, -0.25) is 4.90 Å². The lowest BCUT2D eigenvalue weighted by atomic mass is 10.1. The van der Waals surface area contributed by atoms with E-state index >= 15 is 0 Å². The molecule has 1 unspecified atom stereocenters. The second kappa shape index (κ2) is 6.15. The second-order valence-electron chi connectivity index (χ2n) is 4.58. The van der Waals surface area contributed by atoms with Gasteiger partial charge in [0, 0.05) is 19.1 Å². The molecular weight excluding hydrogens is 214 g/mol. The van der Waals surface area contributed by atoms with E-state index in [4.69, 9.17) is 9.84 Å². The van der Waals surface area contributed by atoms with Gasteiger partial charge in [-0.2, -0.15) is 0 Å². The smallest absolute Gasteiger partial charge is 0.0681 e. The van der Waals surface area contributed by atoms with Crippen LogP contribution in [0.1, 0.15) is 24.5 Å². The quantitative estimate of drug-likeness (QED) is 0.863. The van der Waals surface area contributed by atoms with E-state index in [1.54, 1.807) is 0 Å². The summed E-state index contributed by atoms with van der Waals surface area (Å²) in [7, 11) is 0. The first-order chi connectivity index (χ1) is 8.33. The standard InChI is InChI=1S/C14H21NO2/c1-2-14-11-17-8-7-15(14)9-12-3-5-13(10-16)6-4-12/h3-6,14,16H,2,7-11H2,1H3. The van der Waals surface area contributed by atoms with Crippen LogP contribution in [0.15, 0.2) is 24.3 Å². The van der Waals surface area contributed by atoms with Crippen molar-refractivity contribution in [3.8, 4) is 0 Å². The van der Waals surface area contributed by atoms with Crippen LogP contribution in [0.4, 0.5) is 0 Å². The van der Waals surface area contributed by atoms with E-state index in [0.29, 0.717) is 6.04 Å². The van der Waals surface area contributed by atoms with Crippen LogP contribution in [0.3, 0.4) is 0 Å². The monoisotopic (exact) mass is 235 g/mol. The van der Waals surface area contributed by atoms with Gasteiger partial charge in [-0.25, -0.2) is 0 Å². The molecule has 1 aromatic rings. The van der Waals surface area contributed by atoms with Gasteiger partial charge in [-0.05, 0) is 17.5 Å². The summed E-state index contributed by atoms with van der Waals surface area (Å²) in [5.41, 5.74) is 2.28. The fourth-order valence-electron chi connectivity index (χ4n) is 2.26. The van der Waals surface area contributed by atoms with Crippen molar-refractivity contribution in [2.75, 3.05) is 19.8 Å². The van der Waals surface area contributed by atoms with Crippen molar-refractivity contribution in [2.24, 2.45) is 0 Å². The molecule has 1 heterocycles. The zero-order valence-corrected chi connectivity index (χ0v) is 10.4. The van der Waals surface area contributed by atoms with Crippen molar-refractivity contribution in [3.05, 3.63) is 35.4 Å². The summed E-state index contributed by atoms with van der Waals surface area (Å²) in [6.45, 7) is 6.01. The van der Waals surface area contributed by atoms with Gasteiger partial charge < -0.3 is 9.84 Å². The van der Waals surface area contributed by atoms with Gasteiger partial charge in [-0.1, -0.05) is 31.2 Å². The van der Waals surface area contributed by atoms with Gasteiger partial charge in [0.25, 0.3) is 0 Å². The van der Waals surface area contributed by atoms with E-state index in [1.165, 1.54) is 5.56 Å². The molecule has 0 aliphatic carbocycles. The Morgan fingerprint density at radius 2 is 2.00 bits per heavy atom. The SMILES string of the molecule is CCC1COCCN1Cc1ccc(CO)cc1. The number of morpholine rings is 1. The first-order valence-electron chi connectivity index (χ1n) is 6.34. The van der Waals surface area contributed by atoms with Gasteiger partial charge in [0.15, 0.2) is 0 Å². The summed E-state index contributed by atoms with van der Waals surface area (Å²) in [6, 6.07) is 8.75. The third kappa shape index (κ3) is 3.28. The average Bonchev–Trinajstić information content (AvgIpc) is 2.40. The topological polar surface area (TPSA) is 32.7 Å². The normalized spacial score (nSPS) is 21.6. The summed E-state index contributed by atoms with van der Waals surface area (Å²) >= 11 is 0. The minimum atomic E-state index is 0.120. The van der Waals surface area contributed by atoms with Gasteiger partial charge in [0.2, 0.25) is 0 Å². The summed E-state index contributed by atoms with van der Waals surface area (Å²) < 4.78 is 5.50. The molecule has 1 saturated heterocycles. The third-order valence-electron chi connectivity index (χ3n) is 3.41. The molecule has 1 N–H and O–H groups in total. The number of nitrogens with zero attached hydrogens (tertiary/aromatic N) is 1. The first-order valence-corrected chi connectivity index (χ1v) is 6.34. The van der Waals surface area contributed by atoms with Crippen LogP contribution in [-0.2, 0) is 17.9 Å². The molecule has 1 fully saturated rings. The van der Waals surface area contributed by atoms with Gasteiger partial charge in [0.05, 0.1) is 19.8 Å². The molecule has 1 aliphatic rings. The third-order valence-corrected chi connectivity index (χ3v) is 3.41. The molecule has 3 heteroatoms. The molecule has 2 rings (SSSR count). The van der Waals surface area contributed by atoms with E-state index in [9.17, 15) is 0 Å². The Bertz CT molecular complexity index is 337. The first kappa shape index (κ1) is 12.6. The minimum absolute atomic E-state index is 0.120. The molecule has 0 aromatic heterocycles. The molecule has 0 radical (unpaired) electrons. The van der Waals surface area contributed by atoms with Gasteiger partial charge in [-0.15, -0.1) is 0 Å². The maximum absolute atomic E-state index is 9.00. The predicted octanol–water partition coefficient (Wildman–Crippen LogP) is 1.79. The summed E-state index contributed by atoms with van der Waals surface area (Å²) in [6.07, 6.45) is 1.13. The van der Waals surface area contributed by atoms with Crippen molar-refractivity contribution in [1.29, 1.82) is 0 Å². The molecule has 1 aliphatic heterocycles. The van der Waals surface area contributed by atoms with E-state index in [0.717, 1.165) is 38.3 Å². The maximum atomic E-state index is 9.00. The Kier molecular flexibility index (Phi) is 4.54. The number of benzene rings is 1. The Labute approximate surface area is 103 Å². The molecular formula is C14H21NO2. The Hall–Kier alpha value is -0.900. The van der Waals surface area contributed by atoms with Crippen LogP contribution >= 0.6 is 0 Å². The molecule has 0 amide bonds.